The van der Waals surface area contributed by atoms with Crippen molar-refractivity contribution in [1.29, 1.82) is 0 Å². The molecule has 1 unspecified atom stereocenters. The van der Waals surface area contributed by atoms with Crippen molar-refractivity contribution in [2.24, 2.45) is 7.05 Å². The average Bonchev–Trinajstić information content (AvgIpc) is 2.64. The van der Waals surface area contributed by atoms with E-state index in [9.17, 15) is 13.2 Å². The summed E-state index contributed by atoms with van der Waals surface area (Å²) in [6.07, 6.45) is -1.16. The standard InChI is InChI=1S/C9H13F3N4/c1-15-6-7(4-14-15)16-3-2-13-5-8(16)9(10,11)12/h4,6,8,13H,2-3,5H2,1H3. The molecule has 0 saturated carbocycles. The molecule has 1 fully saturated rings. The molecule has 1 aliphatic heterocycles. The molecular formula is C9H13F3N4. The molecule has 2 heterocycles. The topological polar surface area (TPSA) is 33.1 Å². The lowest BCUT2D eigenvalue weighted by atomic mass is 10.2. The minimum atomic E-state index is -4.22. The van der Waals surface area contributed by atoms with Gasteiger partial charge in [0.05, 0.1) is 11.9 Å². The zero-order valence-electron chi connectivity index (χ0n) is 8.83. The Balaban J connectivity index is 2.23. The molecule has 2 rings (SSSR count). The van der Waals surface area contributed by atoms with Crippen LogP contribution in [0.5, 0.6) is 0 Å². The Morgan fingerprint density at radius 1 is 1.50 bits per heavy atom. The summed E-state index contributed by atoms with van der Waals surface area (Å²) in [6.45, 7) is 0.829. The maximum Gasteiger partial charge on any atom is 0.409 e. The van der Waals surface area contributed by atoms with Gasteiger partial charge >= 0.3 is 6.18 Å². The normalized spacial score (nSPS) is 22.5. The molecule has 1 aromatic rings. The van der Waals surface area contributed by atoms with Crippen molar-refractivity contribution in [3.63, 3.8) is 0 Å². The summed E-state index contributed by atoms with van der Waals surface area (Å²) in [5, 5.41) is 6.65. The van der Waals surface area contributed by atoms with Crippen LogP contribution < -0.4 is 10.2 Å². The van der Waals surface area contributed by atoms with E-state index in [-0.39, 0.29) is 6.54 Å². The monoisotopic (exact) mass is 234 g/mol. The summed E-state index contributed by atoms with van der Waals surface area (Å²) < 4.78 is 39.8. The largest absolute Gasteiger partial charge is 0.409 e. The van der Waals surface area contributed by atoms with Crippen LogP contribution in [0.25, 0.3) is 0 Å². The Morgan fingerprint density at radius 2 is 2.25 bits per heavy atom. The molecule has 0 radical (unpaired) electrons. The Hall–Kier alpha value is -1.24. The second-order valence-corrected chi connectivity index (χ2v) is 3.83. The van der Waals surface area contributed by atoms with Crippen LogP contribution in [0.3, 0.4) is 0 Å². The van der Waals surface area contributed by atoms with Crippen LogP contribution in [0.2, 0.25) is 0 Å². The molecule has 0 amide bonds. The lowest BCUT2D eigenvalue weighted by Crippen LogP contribution is -2.58. The number of anilines is 1. The van der Waals surface area contributed by atoms with Crippen molar-refractivity contribution in [3.05, 3.63) is 12.4 Å². The SMILES string of the molecule is Cn1cc(N2CCNCC2C(F)(F)F)cn1. The third-order valence-electron chi connectivity index (χ3n) is 2.64. The van der Waals surface area contributed by atoms with Crippen LogP contribution in [-0.2, 0) is 7.05 Å². The van der Waals surface area contributed by atoms with Crippen LogP contribution in [0.15, 0.2) is 12.4 Å². The van der Waals surface area contributed by atoms with Gasteiger partial charge in [-0.1, -0.05) is 0 Å². The van der Waals surface area contributed by atoms with Gasteiger partial charge in [0.2, 0.25) is 0 Å². The third kappa shape index (κ3) is 2.13. The quantitative estimate of drug-likeness (QED) is 0.778. The molecule has 1 atom stereocenters. The second-order valence-electron chi connectivity index (χ2n) is 3.83. The summed E-state index contributed by atoms with van der Waals surface area (Å²) in [6, 6.07) is -1.47. The molecule has 90 valence electrons. The average molecular weight is 234 g/mol. The van der Waals surface area contributed by atoms with E-state index in [1.165, 1.54) is 15.8 Å². The van der Waals surface area contributed by atoms with Gasteiger partial charge in [0.15, 0.2) is 0 Å². The first kappa shape index (κ1) is 11.3. The van der Waals surface area contributed by atoms with Gasteiger partial charge in [-0.3, -0.25) is 4.68 Å². The second kappa shape index (κ2) is 3.97. The third-order valence-corrected chi connectivity index (χ3v) is 2.64. The molecule has 1 aliphatic rings. The van der Waals surface area contributed by atoms with Crippen LogP contribution in [0.1, 0.15) is 0 Å². The van der Waals surface area contributed by atoms with Gasteiger partial charge in [-0.25, -0.2) is 0 Å². The summed E-state index contributed by atoms with van der Waals surface area (Å²) in [7, 11) is 1.69. The highest BCUT2D eigenvalue weighted by atomic mass is 19.4. The number of aromatic nitrogens is 2. The van der Waals surface area contributed by atoms with Crippen molar-refractivity contribution >= 4 is 5.69 Å². The van der Waals surface area contributed by atoms with E-state index in [2.05, 4.69) is 10.4 Å². The van der Waals surface area contributed by atoms with Gasteiger partial charge in [-0.2, -0.15) is 18.3 Å². The minimum absolute atomic E-state index is 0.0710. The number of rotatable bonds is 1. The molecule has 0 bridgehead atoms. The molecule has 16 heavy (non-hydrogen) atoms. The zero-order valence-corrected chi connectivity index (χ0v) is 8.83. The molecule has 4 nitrogen and oxygen atoms in total. The summed E-state index contributed by atoms with van der Waals surface area (Å²) in [5.74, 6) is 0. The molecule has 1 aromatic heterocycles. The van der Waals surface area contributed by atoms with Gasteiger partial charge in [0.1, 0.15) is 6.04 Å². The molecule has 1 N–H and O–H groups in total. The predicted molar refractivity (Wildman–Crippen MR) is 53.3 cm³/mol. The highest BCUT2D eigenvalue weighted by Gasteiger charge is 2.45. The van der Waals surface area contributed by atoms with Crippen LogP contribution in [0.4, 0.5) is 18.9 Å². The first-order valence-electron chi connectivity index (χ1n) is 5.01. The number of alkyl halides is 3. The van der Waals surface area contributed by atoms with Crippen LogP contribution >= 0.6 is 0 Å². The maximum atomic E-state index is 12.8. The van der Waals surface area contributed by atoms with Crippen molar-refractivity contribution in [2.45, 2.75) is 12.2 Å². The molecule has 1 saturated heterocycles. The van der Waals surface area contributed by atoms with E-state index in [1.807, 2.05) is 0 Å². The van der Waals surface area contributed by atoms with Gasteiger partial charge in [0, 0.05) is 32.9 Å². The Bertz CT molecular complexity index is 360. The first-order valence-corrected chi connectivity index (χ1v) is 5.01. The van der Waals surface area contributed by atoms with Crippen LogP contribution in [0, 0.1) is 0 Å². The lowest BCUT2D eigenvalue weighted by Gasteiger charge is -2.37. The fraction of sp³-hybridized carbons (Fsp3) is 0.667. The fourth-order valence-corrected chi connectivity index (χ4v) is 1.86. The van der Waals surface area contributed by atoms with E-state index in [4.69, 9.17) is 0 Å². The zero-order chi connectivity index (χ0) is 11.8. The molecule has 0 aliphatic carbocycles. The predicted octanol–water partition coefficient (Wildman–Crippen LogP) is 0.761. The molecule has 0 spiro atoms. The molecule has 0 aromatic carbocycles. The summed E-state index contributed by atoms with van der Waals surface area (Å²) in [5.41, 5.74) is 0.520. The van der Waals surface area contributed by atoms with Crippen molar-refractivity contribution in [3.8, 4) is 0 Å². The number of hydrogen-bond donors (Lipinski definition) is 1. The number of nitrogens with one attached hydrogen (secondary N) is 1. The van der Waals surface area contributed by atoms with Gasteiger partial charge in [-0.15, -0.1) is 0 Å². The van der Waals surface area contributed by atoms with Gasteiger partial charge in [-0.05, 0) is 0 Å². The highest BCUT2D eigenvalue weighted by Crippen LogP contribution is 2.29. The number of piperazine rings is 1. The Morgan fingerprint density at radius 3 is 2.81 bits per heavy atom. The van der Waals surface area contributed by atoms with E-state index in [0.29, 0.717) is 18.8 Å². The van der Waals surface area contributed by atoms with Crippen molar-refractivity contribution < 1.29 is 13.2 Å². The lowest BCUT2D eigenvalue weighted by molar-refractivity contribution is -0.149. The summed E-state index contributed by atoms with van der Waals surface area (Å²) in [4.78, 5) is 1.35. The van der Waals surface area contributed by atoms with Crippen molar-refractivity contribution in [2.75, 3.05) is 24.5 Å². The van der Waals surface area contributed by atoms with E-state index in [1.54, 1.807) is 13.2 Å². The smallest absolute Gasteiger partial charge is 0.355 e. The first-order chi connectivity index (χ1) is 7.48. The fourth-order valence-electron chi connectivity index (χ4n) is 1.86. The van der Waals surface area contributed by atoms with E-state index < -0.39 is 12.2 Å². The molecular weight excluding hydrogens is 221 g/mol. The number of hydrogen-bond acceptors (Lipinski definition) is 3. The number of halogens is 3. The maximum absolute atomic E-state index is 12.8. The van der Waals surface area contributed by atoms with Crippen LogP contribution in [-0.4, -0.2) is 41.6 Å². The van der Waals surface area contributed by atoms with Gasteiger partial charge < -0.3 is 10.2 Å². The summed E-state index contributed by atoms with van der Waals surface area (Å²) >= 11 is 0. The number of aryl methyl sites for hydroxylation is 1. The highest BCUT2D eigenvalue weighted by molar-refractivity contribution is 5.44. The molecule has 7 heteroatoms. The minimum Gasteiger partial charge on any atom is -0.355 e. The Kier molecular flexibility index (Phi) is 2.79. The van der Waals surface area contributed by atoms with E-state index in [0.717, 1.165) is 0 Å². The number of nitrogens with zero attached hydrogens (tertiary/aromatic N) is 3. The Labute approximate surface area is 91.0 Å². The van der Waals surface area contributed by atoms with Gasteiger partial charge in [0.25, 0.3) is 0 Å². The van der Waals surface area contributed by atoms with E-state index >= 15 is 0 Å². The van der Waals surface area contributed by atoms with Crippen molar-refractivity contribution in [1.82, 2.24) is 15.1 Å².